The maximum absolute atomic E-state index is 4.34. The van der Waals surface area contributed by atoms with E-state index in [4.69, 9.17) is 0 Å². The Kier molecular flexibility index (Phi) is 4.54. The Labute approximate surface area is 108 Å². The quantitative estimate of drug-likeness (QED) is 0.893. The van der Waals surface area contributed by atoms with E-state index in [0.717, 1.165) is 13.1 Å². The van der Waals surface area contributed by atoms with Gasteiger partial charge in [0.05, 0.1) is 11.2 Å². The molecule has 0 aliphatic carbocycles. The van der Waals surface area contributed by atoms with Crippen molar-refractivity contribution in [2.45, 2.75) is 52.2 Å². The topological polar surface area (TPSA) is 28.2 Å². The molecule has 1 N–H and O–H groups in total. The van der Waals surface area contributed by atoms with E-state index in [0.29, 0.717) is 12.1 Å². The standard InChI is InChI=1S/C13H23N3S/c1-4-5-12-7-16(10(2)6-14-12)8-13-11(3)15-9-17-13/h9-10,12,14H,4-8H2,1-3H3. The zero-order valence-corrected chi connectivity index (χ0v) is 11.9. The second kappa shape index (κ2) is 5.94. The van der Waals surface area contributed by atoms with E-state index in [1.54, 1.807) is 11.3 Å². The summed E-state index contributed by atoms with van der Waals surface area (Å²) in [5.74, 6) is 0. The Bertz CT molecular complexity index is 350. The lowest BCUT2D eigenvalue weighted by atomic mass is 10.1. The van der Waals surface area contributed by atoms with E-state index < -0.39 is 0 Å². The minimum atomic E-state index is 0.629. The summed E-state index contributed by atoms with van der Waals surface area (Å²) in [6, 6.07) is 1.30. The number of aromatic nitrogens is 1. The Morgan fingerprint density at radius 1 is 1.59 bits per heavy atom. The molecule has 0 radical (unpaired) electrons. The normalized spacial score (nSPS) is 26.3. The lowest BCUT2D eigenvalue weighted by Crippen LogP contribution is -2.54. The highest BCUT2D eigenvalue weighted by Crippen LogP contribution is 2.19. The van der Waals surface area contributed by atoms with Crippen LogP contribution in [0.25, 0.3) is 0 Å². The number of nitrogens with one attached hydrogen (secondary N) is 1. The predicted octanol–water partition coefficient (Wildman–Crippen LogP) is 2.41. The molecule has 2 atom stereocenters. The highest BCUT2D eigenvalue weighted by atomic mass is 32.1. The Morgan fingerprint density at radius 3 is 3.06 bits per heavy atom. The molecule has 1 saturated heterocycles. The monoisotopic (exact) mass is 253 g/mol. The van der Waals surface area contributed by atoms with Gasteiger partial charge in [0.1, 0.15) is 0 Å². The molecule has 0 aromatic carbocycles. The Hall–Kier alpha value is -0.450. The van der Waals surface area contributed by atoms with Crippen molar-refractivity contribution in [3.8, 4) is 0 Å². The maximum Gasteiger partial charge on any atom is 0.0798 e. The third-order valence-corrected chi connectivity index (χ3v) is 4.53. The SMILES string of the molecule is CCCC1CN(Cc2scnc2C)C(C)CN1. The second-order valence-corrected chi connectivity index (χ2v) is 5.97. The third-order valence-electron chi connectivity index (χ3n) is 3.61. The molecule has 1 fully saturated rings. The van der Waals surface area contributed by atoms with Gasteiger partial charge in [-0.1, -0.05) is 13.3 Å². The number of hydrogen-bond acceptors (Lipinski definition) is 4. The summed E-state index contributed by atoms with van der Waals surface area (Å²) >= 11 is 1.79. The maximum atomic E-state index is 4.34. The van der Waals surface area contributed by atoms with Crippen molar-refractivity contribution in [3.63, 3.8) is 0 Å². The van der Waals surface area contributed by atoms with E-state index in [1.807, 2.05) is 5.51 Å². The van der Waals surface area contributed by atoms with Crippen molar-refractivity contribution in [1.82, 2.24) is 15.2 Å². The van der Waals surface area contributed by atoms with Crippen LogP contribution >= 0.6 is 11.3 Å². The van der Waals surface area contributed by atoms with Crippen molar-refractivity contribution >= 4 is 11.3 Å². The minimum Gasteiger partial charge on any atom is -0.311 e. The fraction of sp³-hybridized carbons (Fsp3) is 0.769. The third kappa shape index (κ3) is 3.27. The van der Waals surface area contributed by atoms with Crippen molar-refractivity contribution in [2.24, 2.45) is 0 Å². The van der Waals surface area contributed by atoms with E-state index in [1.165, 1.54) is 30.0 Å². The molecule has 96 valence electrons. The van der Waals surface area contributed by atoms with Gasteiger partial charge in [0.15, 0.2) is 0 Å². The van der Waals surface area contributed by atoms with Gasteiger partial charge < -0.3 is 5.32 Å². The summed E-state index contributed by atoms with van der Waals surface area (Å²) in [5.41, 5.74) is 3.16. The van der Waals surface area contributed by atoms with Crippen molar-refractivity contribution in [3.05, 3.63) is 16.1 Å². The number of piperazine rings is 1. The van der Waals surface area contributed by atoms with Crippen molar-refractivity contribution in [1.29, 1.82) is 0 Å². The lowest BCUT2D eigenvalue weighted by molar-refractivity contribution is 0.130. The lowest BCUT2D eigenvalue weighted by Gasteiger charge is -2.38. The molecule has 1 aliphatic rings. The minimum absolute atomic E-state index is 0.629. The van der Waals surface area contributed by atoms with Gasteiger partial charge in [-0.15, -0.1) is 11.3 Å². The zero-order chi connectivity index (χ0) is 12.3. The molecule has 2 heterocycles. The van der Waals surface area contributed by atoms with Crippen LogP contribution in [0.3, 0.4) is 0 Å². The smallest absolute Gasteiger partial charge is 0.0798 e. The number of rotatable bonds is 4. The first kappa shape index (κ1) is 13.0. The molecule has 17 heavy (non-hydrogen) atoms. The molecular formula is C13H23N3S. The van der Waals surface area contributed by atoms with Crippen LogP contribution in [0.4, 0.5) is 0 Å². The molecule has 2 rings (SSSR count). The Balaban J connectivity index is 1.96. The summed E-state index contributed by atoms with van der Waals surface area (Å²) in [6.07, 6.45) is 2.55. The van der Waals surface area contributed by atoms with Crippen molar-refractivity contribution in [2.75, 3.05) is 13.1 Å². The molecule has 4 heteroatoms. The Morgan fingerprint density at radius 2 is 2.41 bits per heavy atom. The molecule has 0 spiro atoms. The summed E-state index contributed by atoms with van der Waals surface area (Å²) in [6.45, 7) is 10.0. The molecule has 2 unspecified atom stereocenters. The first-order chi connectivity index (χ1) is 8.20. The molecule has 1 aromatic heterocycles. The highest BCUT2D eigenvalue weighted by molar-refractivity contribution is 7.09. The number of nitrogens with zero attached hydrogens (tertiary/aromatic N) is 2. The molecule has 0 amide bonds. The van der Waals surface area contributed by atoms with Crippen molar-refractivity contribution < 1.29 is 0 Å². The second-order valence-electron chi connectivity index (χ2n) is 5.03. The molecule has 1 aliphatic heterocycles. The van der Waals surface area contributed by atoms with Crippen LogP contribution in [-0.2, 0) is 6.54 Å². The van der Waals surface area contributed by atoms with E-state index in [2.05, 4.69) is 36.0 Å². The van der Waals surface area contributed by atoms with E-state index in [9.17, 15) is 0 Å². The van der Waals surface area contributed by atoms with Crippen LogP contribution in [0.2, 0.25) is 0 Å². The van der Waals surface area contributed by atoms with E-state index >= 15 is 0 Å². The fourth-order valence-corrected chi connectivity index (χ4v) is 3.22. The number of thiazole rings is 1. The van der Waals surface area contributed by atoms with Crippen LogP contribution in [-0.4, -0.2) is 35.1 Å². The molecule has 3 nitrogen and oxygen atoms in total. The van der Waals surface area contributed by atoms with Crippen LogP contribution in [0, 0.1) is 6.92 Å². The number of hydrogen-bond donors (Lipinski definition) is 1. The van der Waals surface area contributed by atoms with Gasteiger partial charge in [-0.25, -0.2) is 4.98 Å². The predicted molar refractivity (Wildman–Crippen MR) is 73.4 cm³/mol. The van der Waals surface area contributed by atoms with Crippen LogP contribution < -0.4 is 5.32 Å². The van der Waals surface area contributed by atoms with Crippen LogP contribution in [0.1, 0.15) is 37.3 Å². The van der Waals surface area contributed by atoms with Gasteiger partial charge in [-0.2, -0.15) is 0 Å². The van der Waals surface area contributed by atoms with Gasteiger partial charge in [0.25, 0.3) is 0 Å². The highest BCUT2D eigenvalue weighted by Gasteiger charge is 2.24. The summed E-state index contributed by atoms with van der Waals surface area (Å²) in [7, 11) is 0. The molecule has 0 saturated carbocycles. The number of aryl methyl sites for hydroxylation is 1. The van der Waals surface area contributed by atoms with E-state index in [-0.39, 0.29) is 0 Å². The summed E-state index contributed by atoms with van der Waals surface area (Å²) < 4.78 is 0. The first-order valence-corrected chi connectivity index (χ1v) is 7.45. The summed E-state index contributed by atoms with van der Waals surface area (Å²) in [4.78, 5) is 8.36. The molecule has 1 aromatic rings. The average molecular weight is 253 g/mol. The van der Waals surface area contributed by atoms with Crippen LogP contribution in [0.5, 0.6) is 0 Å². The average Bonchev–Trinajstić information content (AvgIpc) is 2.70. The zero-order valence-electron chi connectivity index (χ0n) is 11.1. The first-order valence-electron chi connectivity index (χ1n) is 6.57. The van der Waals surface area contributed by atoms with Crippen LogP contribution in [0.15, 0.2) is 5.51 Å². The molecule has 0 bridgehead atoms. The van der Waals surface area contributed by atoms with Gasteiger partial charge in [0, 0.05) is 36.6 Å². The van der Waals surface area contributed by atoms with Gasteiger partial charge in [0.2, 0.25) is 0 Å². The van der Waals surface area contributed by atoms with Gasteiger partial charge >= 0.3 is 0 Å². The van der Waals surface area contributed by atoms with Gasteiger partial charge in [-0.3, -0.25) is 4.90 Å². The molecular weight excluding hydrogens is 230 g/mol. The summed E-state index contributed by atoms with van der Waals surface area (Å²) in [5, 5.41) is 3.64. The van der Waals surface area contributed by atoms with Gasteiger partial charge in [-0.05, 0) is 20.3 Å². The largest absolute Gasteiger partial charge is 0.311 e. The fourth-order valence-electron chi connectivity index (χ4n) is 2.42.